The van der Waals surface area contributed by atoms with E-state index in [1.165, 1.54) is 0 Å². The first-order valence-electron chi connectivity index (χ1n) is 5.83. The lowest BCUT2D eigenvalue weighted by Gasteiger charge is -2.22. The lowest BCUT2D eigenvalue weighted by molar-refractivity contribution is 0.0939. The van der Waals surface area contributed by atoms with Gasteiger partial charge in [0.15, 0.2) is 5.69 Å². The molecule has 0 aliphatic carbocycles. The van der Waals surface area contributed by atoms with Crippen molar-refractivity contribution in [1.29, 1.82) is 0 Å². The first-order valence-corrected chi connectivity index (χ1v) is 5.83. The van der Waals surface area contributed by atoms with Crippen LogP contribution in [0.5, 0.6) is 0 Å². The molecule has 1 amide bonds. The maximum absolute atomic E-state index is 11.5. The van der Waals surface area contributed by atoms with Gasteiger partial charge in [0.25, 0.3) is 5.91 Å². The van der Waals surface area contributed by atoms with E-state index < -0.39 is 0 Å². The molecule has 0 radical (unpaired) electrons. The second kappa shape index (κ2) is 5.74. The van der Waals surface area contributed by atoms with Gasteiger partial charge in [-0.2, -0.15) is 0 Å². The molecule has 0 spiro atoms. The molecule has 94 valence electrons. The van der Waals surface area contributed by atoms with Crippen molar-refractivity contribution in [2.75, 3.05) is 26.2 Å². The molecule has 0 aromatic carbocycles. The molecule has 7 nitrogen and oxygen atoms in total. The fourth-order valence-electron chi connectivity index (χ4n) is 1.89. The van der Waals surface area contributed by atoms with Gasteiger partial charge in [-0.1, -0.05) is 5.21 Å². The Balaban J connectivity index is 1.97. The van der Waals surface area contributed by atoms with Crippen molar-refractivity contribution < 1.29 is 9.90 Å². The van der Waals surface area contributed by atoms with E-state index in [2.05, 4.69) is 20.9 Å². The normalized spacial score (nSPS) is 17.0. The van der Waals surface area contributed by atoms with E-state index in [4.69, 9.17) is 5.11 Å². The van der Waals surface area contributed by atoms with Crippen molar-refractivity contribution >= 4 is 5.91 Å². The number of aliphatic hydroxyl groups is 1. The molecule has 1 fully saturated rings. The smallest absolute Gasteiger partial charge is 0.273 e. The summed E-state index contributed by atoms with van der Waals surface area (Å²) < 4.78 is 1.76. The van der Waals surface area contributed by atoms with Crippen molar-refractivity contribution in [3.8, 4) is 0 Å². The minimum atomic E-state index is -0.292. The average Bonchev–Trinajstić information content (AvgIpc) is 2.86. The number of hydrogen-bond donors (Lipinski definition) is 3. The highest BCUT2D eigenvalue weighted by atomic mass is 16.3. The number of hydrogen-bond acceptors (Lipinski definition) is 5. The van der Waals surface area contributed by atoms with Crippen LogP contribution in [0.2, 0.25) is 0 Å². The quantitative estimate of drug-likeness (QED) is 0.622. The highest BCUT2D eigenvalue weighted by molar-refractivity contribution is 5.91. The van der Waals surface area contributed by atoms with Crippen LogP contribution in [-0.4, -0.2) is 52.2 Å². The first kappa shape index (κ1) is 12.0. The molecule has 0 bridgehead atoms. The van der Waals surface area contributed by atoms with E-state index in [0.717, 1.165) is 25.9 Å². The van der Waals surface area contributed by atoms with Crippen LogP contribution in [0.15, 0.2) is 6.20 Å². The number of amides is 1. The molecule has 1 aromatic rings. The maximum Gasteiger partial charge on any atom is 0.273 e. The van der Waals surface area contributed by atoms with Crippen molar-refractivity contribution in [2.24, 2.45) is 0 Å². The largest absolute Gasteiger partial charge is 0.395 e. The summed E-state index contributed by atoms with van der Waals surface area (Å²) in [5, 5.41) is 22.3. The molecule has 1 aliphatic heterocycles. The highest BCUT2D eigenvalue weighted by Gasteiger charge is 2.18. The summed E-state index contributed by atoms with van der Waals surface area (Å²) in [7, 11) is 0. The Morgan fingerprint density at radius 2 is 2.35 bits per heavy atom. The third-order valence-corrected chi connectivity index (χ3v) is 2.82. The van der Waals surface area contributed by atoms with Crippen LogP contribution in [0.3, 0.4) is 0 Å². The molecule has 0 atom stereocenters. The van der Waals surface area contributed by atoms with Crippen molar-refractivity contribution in [3.05, 3.63) is 11.9 Å². The maximum atomic E-state index is 11.5. The molecular formula is C10H17N5O2. The lowest BCUT2D eigenvalue weighted by atomic mass is 10.1. The first-order chi connectivity index (χ1) is 8.31. The summed E-state index contributed by atoms with van der Waals surface area (Å²) in [5.41, 5.74) is 0.303. The van der Waals surface area contributed by atoms with Gasteiger partial charge in [-0.15, -0.1) is 5.10 Å². The number of nitrogens with zero attached hydrogens (tertiary/aromatic N) is 3. The molecule has 1 aliphatic rings. The van der Waals surface area contributed by atoms with Gasteiger partial charge in [-0.3, -0.25) is 4.79 Å². The average molecular weight is 239 g/mol. The number of piperidine rings is 1. The summed E-state index contributed by atoms with van der Waals surface area (Å²) in [6.45, 7) is 2.10. The Kier molecular flexibility index (Phi) is 4.05. The Morgan fingerprint density at radius 1 is 1.59 bits per heavy atom. The molecule has 3 N–H and O–H groups in total. The lowest BCUT2D eigenvalue weighted by Crippen LogP contribution is -2.29. The predicted molar refractivity (Wildman–Crippen MR) is 60.6 cm³/mol. The number of carbonyl (C=O) groups is 1. The molecule has 0 saturated carbocycles. The minimum absolute atomic E-state index is 0.0752. The van der Waals surface area contributed by atoms with E-state index in [9.17, 15) is 4.79 Å². The highest BCUT2D eigenvalue weighted by Crippen LogP contribution is 2.16. The SMILES string of the molecule is O=C(NCCO)c1cn(C2CCNCC2)nn1. The van der Waals surface area contributed by atoms with E-state index in [0.29, 0.717) is 11.7 Å². The Morgan fingerprint density at radius 3 is 3.06 bits per heavy atom. The molecule has 2 rings (SSSR count). The zero-order valence-corrected chi connectivity index (χ0v) is 9.59. The Labute approximate surface area is 99.2 Å². The summed E-state index contributed by atoms with van der Waals surface area (Å²) in [6.07, 6.45) is 3.67. The van der Waals surface area contributed by atoms with Crippen LogP contribution in [0, 0.1) is 0 Å². The fraction of sp³-hybridized carbons (Fsp3) is 0.700. The van der Waals surface area contributed by atoms with Crippen LogP contribution in [0.1, 0.15) is 29.4 Å². The van der Waals surface area contributed by atoms with E-state index >= 15 is 0 Å². The van der Waals surface area contributed by atoms with Gasteiger partial charge >= 0.3 is 0 Å². The molecule has 0 unspecified atom stereocenters. The molecule has 17 heavy (non-hydrogen) atoms. The second-order valence-corrected chi connectivity index (χ2v) is 4.04. The number of aromatic nitrogens is 3. The minimum Gasteiger partial charge on any atom is -0.395 e. The van der Waals surface area contributed by atoms with Gasteiger partial charge in [-0.05, 0) is 25.9 Å². The third-order valence-electron chi connectivity index (χ3n) is 2.82. The standard InChI is InChI=1S/C10H17N5O2/c16-6-5-12-10(17)9-7-15(14-13-9)8-1-3-11-4-2-8/h7-8,11,16H,1-6H2,(H,12,17). The number of aliphatic hydroxyl groups excluding tert-OH is 1. The molecule has 7 heteroatoms. The Bertz CT molecular complexity index is 373. The monoisotopic (exact) mass is 239 g/mol. The number of rotatable bonds is 4. The van der Waals surface area contributed by atoms with Crippen LogP contribution in [-0.2, 0) is 0 Å². The van der Waals surface area contributed by atoms with Gasteiger partial charge < -0.3 is 15.7 Å². The summed E-state index contributed by atoms with van der Waals surface area (Å²) in [6, 6.07) is 0.322. The number of carbonyl (C=O) groups excluding carboxylic acids is 1. The van der Waals surface area contributed by atoms with Crippen LogP contribution >= 0.6 is 0 Å². The van der Waals surface area contributed by atoms with Crippen molar-refractivity contribution in [1.82, 2.24) is 25.6 Å². The molecule has 1 saturated heterocycles. The predicted octanol–water partition coefficient (Wildman–Crippen LogP) is -1.08. The second-order valence-electron chi connectivity index (χ2n) is 4.04. The van der Waals surface area contributed by atoms with Gasteiger partial charge in [0.2, 0.25) is 0 Å². The molecular weight excluding hydrogens is 222 g/mol. The van der Waals surface area contributed by atoms with Crippen molar-refractivity contribution in [3.63, 3.8) is 0 Å². The van der Waals surface area contributed by atoms with Crippen molar-refractivity contribution in [2.45, 2.75) is 18.9 Å². The van der Waals surface area contributed by atoms with Crippen LogP contribution < -0.4 is 10.6 Å². The van der Waals surface area contributed by atoms with Gasteiger partial charge in [-0.25, -0.2) is 4.68 Å². The fourth-order valence-corrected chi connectivity index (χ4v) is 1.89. The van der Waals surface area contributed by atoms with Crippen LogP contribution in [0.25, 0.3) is 0 Å². The molecule has 1 aromatic heterocycles. The molecule has 2 heterocycles. The van der Waals surface area contributed by atoms with Crippen LogP contribution in [0.4, 0.5) is 0 Å². The summed E-state index contributed by atoms with van der Waals surface area (Å²) >= 11 is 0. The van der Waals surface area contributed by atoms with E-state index in [1.54, 1.807) is 10.9 Å². The Hall–Kier alpha value is -1.47. The topological polar surface area (TPSA) is 92.1 Å². The van der Waals surface area contributed by atoms with E-state index in [-0.39, 0.29) is 19.1 Å². The zero-order chi connectivity index (χ0) is 12.1. The van der Waals surface area contributed by atoms with E-state index in [1.807, 2.05) is 0 Å². The third kappa shape index (κ3) is 3.01. The number of nitrogens with one attached hydrogen (secondary N) is 2. The zero-order valence-electron chi connectivity index (χ0n) is 9.59. The van der Waals surface area contributed by atoms with Gasteiger partial charge in [0, 0.05) is 6.54 Å². The van der Waals surface area contributed by atoms with Gasteiger partial charge in [0.05, 0.1) is 18.8 Å². The summed E-state index contributed by atoms with van der Waals surface area (Å²) in [5.74, 6) is -0.292. The van der Waals surface area contributed by atoms with Gasteiger partial charge in [0.1, 0.15) is 0 Å². The summed E-state index contributed by atoms with van der Waals surface area (Å²) in [4.78, 5) is 11.5.